The van der Waals surface area contributed by atoms with Gasteiger partial charge in [-0.15, -0.1) is 0 Å². The average molecular weight is 213 g/mol. The molecule has 0 radical (unpaired) electrons. The summed E-state index contributed by atoms with van der Waals surface area (Å²) in [5, 5.41) is 9.79. The molecule has 0 heterocycles. The van der Waals surface area contributed by atoms with E-state index in [1.165, 1.54) is 0 Å². The van der Waals surface area contributed by atoms with Crippen molar-refractivity contribution in [3.05, 3.63) is 0 Å². The maximum atomic E-state index is 11.1. The fourth-order valence-electron chi connectivity index (χ4n) is 2.29. The molecule has 0 aromatic carbocycles. The van der Waals surface area contributed by atoms with Crippen molar-refractivity contribution in [1.82, 2.24) is 4.90 Å². The molecule has 0 spiro atoms. The van der Waals surface area contributed by atoms with Crippen LogP contribution in [-0.4, -0.2) is 40.5 Å². The summed E-state index contributed by atoms with van der Waals surface area (Å²) in [7, 11) is 0. The minimum Gasteiger partial charge on any atom is -0.389 e. The SMILES string of the molecule is CCN(CC(C)(C)O)C1CCC(=O)CC1. The lowest BCUT2D eigenvalue weighted by Gasteiger charge is -2.36. The number of carbonyl (C=O) groups excluding carboxylic acids is 1. The molecule has 1 rings (SSSR count). The summed E-state index contributed by atoms with van der Waals surface area (Å²) in [5.74, 6) is 0.394. The highest BCUT2D eigenvalue weighted by Crippen LogP contribution is 2.21. The van der Waals surface area contributed by atoms with Crippen molar-refractivity contribution >= 4 is 5.78 Å². The summed E-state index contributed by atoms with van der Waals surface area (Å²) in [4.78, 5) is 13.4. The van der Waals surface area contributed by atoms with E-state index in [1.54, 1.807) is 0 Å². The van der Waals surface area contributed by atoms with Crippen LogP contribution in [0, 0.1) is 0 Å². The lowest BCUT2D eigenvalue weighted by Crippen LogP contribution is -2.45. The van der Waals surface area contributed by atoms with Gasteiger partial charge in [-0.1, -0.05) is 6.92 Å². The first kappa shape index (κ1) is 12.7. The molecule has 0 aliphatic heterocycles. The van der Waals surface area contributed by atoms with E-state index >= 15 is 0 Å². The van der Waals surface area contributed by atoms with E-state index in [4.69, 9.17) is 0 Å². The summed E-state index contributed by atoms with van der Waals surface area (Å²) >= 11 is 0. The number of Topliss-reactive ketones (excluding diaryl/α,β-unsaturated/α-hetero) is 1. The van der Waals surface area contributed by atoms with Gasteiger partial charge in [-0.2, -0.15) is 0 Å². The van der Waals surface area contributed by atoms with E-state index in [0.29, 0.717) is 31.2 Å². The second kappa shape index (κ2) is 5.08. The second-order valence-electron chi connectivity index (χ2n) is 5.15. The number of aliphatic hydroxyl groups is 1. The van der Waals surface area contributed by atoms with Gasteiger partial charge in [-0.05, 0) is 33.2 Å². The minimum absolute atomic E-state index is 0.394. The molecule has 0 unspecified atom stereocenters. The van der Waals surface area contributed by atoms with Crippen molar-refractivity contribution in [1.29, 1.82) is 0 Å². The smallest absolute Gasteiger partial charge is 0.133 e. The van der Waals surface area contributed by atoms with Crippen LogP contribution in [0.5, 0.6) is 0 Å². The Bertz CT molecular complexity index is 210. The Kier molecular flexibility index (Phi) is 4.29. The van der Waals surface area contributed by atoms with Crippen molar-refractivity contribution < 1.29 is 9.90 Å². The Morgan fingerprint density at radius 1 is 1.40 bits per heavy atom. The molecule has 0 amide bonds. The number of rotatable bonds is 4. The second-order valence-corrected chi connectivity index (χ2v) is 5.15. The Morgan fingerprint density at radius 3 is 2.33 bits per heavy atom. The largest absolute Gasteiger partial charge is 0.389 e. The van der Waals surface area contributed by atoms with Gasteiger partial charge in [-0.25, -0.2) is 0 Å². The third-order valence-corrected chi connectivity index (χ3v) is 3.03. The van der Waals surface area contributed by atoms with Crippen LogP contribution in [-0.2, 0) is 4.79 Å². The quantitative estimate of drug-likeness (QED) is 0.771. The molecule has 88 valence electrons. The molecular formula is C12H23NO2. The van der Waals surface area contributed by atoms with Crippen molar-refractivity contribution in [3.63, 3.8) is 0 Å². The number of likely N-dealkylation sites (N-methyl/N-ethyl adjacent to an activating group) is 1. The van der Waals surface area contributed by atoms with Crippen molar-refractivity contribution in [3.8, 4) is 0 Å². The molecule has 1 fully saturated rings. The van der Waals surface area contributed by atoms with Gasteiger partial charge >= 0.3 is 0 Å². The Labute approximate surface area is 92.5 Å². The van der Waals surface area contributed by atoms with Crippen LogP contribution < -0.4 is 0 Å². The van der Waals surface area contributed by atoms with Gasteiger partial charge in [0.15, 0.2) is 0 Å². The third-order valence-electron chi connectivity index (χ3n) is 3.03. The number of carbonyl (C=O) groups is 1. The zero-order valence-electron chi connectivity index (χ0n) is 10.1. The van der Waals surface area contributed by atoms with Gasteiger partial charge in [0.1, 0.15) is 5.78 Å². The fraction of sp³-hybridized carbons (Fsp3) is 0.917. The first-order chi connectivity index (χ1) is 6.92. The molecule has 1 aliphatic rings. The Balaban J connectivity index is 2.48. The molecule has 1 saturated carbocycles. The van der Waals surface area contributed by atoms with Crippen LogP contribution in [0.3, 0.4) is 0 Å². The van der Waals surface area contributed by atoms with Gasteiger partial charge in [0.2, 0.25) is 0 Å². The van der Waals surface area contributed by atoms with Crippen LogP contribution in [0.2, 0.25) is 0 Å². The zero-order chi connectivity index (χ0) is 11.5. The van der Waals surface area contributed by atoms with E-state index < -0.39 is 5.60 Å². The van der Waals surface area contributed by atoms with E-state index in [-0.39, 0.29) is 0 Å². The highest BCUT2D eigenvalue weighted by molar-refractivity contribution is 5.79. The molecule has 3 nitrogen and oxygen atoms in total. The first-order valence-electron chi connectivity index (χ1n) is 5.90. The summed E-state index contributed by atoms with van der Waals surface area (Å²) in [6.07, 6.45) is 3.35. The third kappa shape index (κ3) is 4.31. The van der Waals surface area contributed by atoms with Crippen LogP contribution in [0.15, 0.2) is 0 Å². The highest BCUT2D eigenvalue weighted by Gasteiger charge is 2.27. The molecule has 0 atom stereocenters. The van der Waals surface area contributed by atoms with Crippen molar-refractivity contribution in [2.24, 2.45) is 0 Å². The molecule has 0 aromatic heterocycles. The summed E-state index contributed by atoms with van der Waals surface area (Å²) in [6.45, 7) is 7.43. The number of hydrogen-bond acceptors (Lipinski definition) is 3. The maximum absolute atomic E-state index is 11.1. The first-order valence-corrected chi connectivity index (χ1v) is 5.90. The van der Waals surface area contributed by atoms with E-state index in [1.807, 2.05) is 13.8 Å². The number of hydrogen-bond donors (Lipinski definition) is 1. The summed E-state index contributed by atoms with van der Waals surface area (Å²) in [5.41, 5.74) is -0.641. The Hall–Kier alpha value is -0.410. The molecule has 15 heavy (non-hydrogen) atoms. The number of ketones is 1. The Morgan fingerprint density at radius 2 is 1.93 bits per heavy atom. The van der Waals surface area contributed by atoms with Crippen LogP contribution in [0.1, 0.15) is 46.5 Å². The highest BCUT2D eigenvalue weighted by atomic mass is 16.3. The zero-order valence-corrected chi connectivity index (χ0v) is 10.1. The predicted octanol–water partition coefficient (Wildman–Crippen LogP) is 1.59. The van der Waals surface area contributed by atoms with Crippen molar-refractivity contribution in [2.45, 2.75) is 58.1 Å². The standard InChI is InChI=1S/C12H23NO2/c1-4-13(9-12(2,3)15)10-5-7-11(14)8-6-10/h10,15H,4-9H2,1-3H3. The molecule has 0 saturated heterocycles. The fourth-order valence-corrected chi connectivity index (χ4v) is 2.29. The lowest BCUT2D eigenvalue weighted by molar-refractivity contribution is -0.121. The number of nitrogens with zero attached hydrogens (tertiary/aromatic N) is 1. The van der Waals surface area contributed by atoms with Crippen LogP contribution in [0.4, 0.5) is 0 Å². The molecular weight excluding hydrogens is 190 g/mol. The predicted molar refractivity (Wildman–Crippen MR) is 60.8 cm³/mol. The maximum Gasteiger partial charge on any atom is 0.133 e. The molecule has 0 bridgehead atoms. The minimum atomic E-state index is -0.641. The van der Waals surface area contributed by atoms with Gasteiger partial charge in [0.25, 0.3) is 0 Å². The lowest BCUT2D eigenvalue weighted by atomic mass is 9.92. The van der Waals surface area contributed by atoms with Gasteiger partial charge in [-0.3, -0.25) is 9.69 Å². The van der Waals surface area contributed by atoms with Crippen LogP contribution in [0.25, 0.3) is 0 Å². The van der Waals surface area contributed by atoms with Gasteiger partial charge in [0.05, 0.1) is 5.60 Å². The summed E-state index contributed by atoms with van der Waals surface area (Å²) in [6, 6.07) is 0.485. The van der Waals surface area contributed by atoms with E-state index in [9.17, 15) is 9.90 Å². The average Bonchev–Trinajstić information content (AvgIpc) is 2.14. The molecule has 1 N–H and O–H groups in total. The van der Waals surface area contributed by atoms with Gasteiger partial charge in [0, 0.05) is 25.4 Å². The van der Waals surface area contributed by atoms with Crippen LogP contribution >= 0.6 is 0 Å². The monoisotopic (exact) mass is 213 g/mol. The topological polar surface area (TPSA) is 40.5 Å². The van der Waals surface area contributed by atoms with Crippen molar-refractivity contribution in [2.75, 3.05) is 13.1 Å². The van der Waals surface area contributed by atoms with E-state index in [0.717, 1.165) is 19.4 Å². The molecule has 3 heteroatoms. The van der Waals surface area contributed by atoms with E-state index in [2.05, 4.69) is 11.8 Å². The normalized spacial score (nSPS) is 19.9. The summed E-state index contributed by atoms with van der Waals surface area (Å²) < 4.78 is 0. The molecule has 1 aliphatic carbocycles. The van der Waals surface area contributed by atoms with Gasteiger partial charge < -0.3 is 5.11 Å². The molecule has 0 aromatic rings.